The van der Waals surface area contributed by atoms with E-state index in [1.54, 1.807) is 0 Å². The maximum Gasteiger partial charge on any atom is -0.0134 e. The third kappa shape index (κ3) is 10.3. The minimum Gasteiger partial charge on any atom is -0.0622 e. The molecule has 1 aliphatic carbocycles. The SMILES string of the molecule is Cc1cc(C)c(N2[CH-]N(c3c(C)cc(C)cc3C)CC2)c(C)c1.[Cl][Ru]([Cl])=[C]1C=C(c2ccccc2)c2ccccc21.c1ccc(P(c2ccccc2)c2ccccc2)cc1. The number of benzene rings is 7. The van der Waals surface area contributed by atoms with Crippen LogP contribution in [0.5, 0.6) is 0 Å². The molecule has 306 valence electrons. The molecule has 2 nitrogen and oxygen atoms in total. The number of aryl methyl sites for hydroxylation is 6. The van der Waals surface area contributed by atoms with E-state index in [0.29, 0.717) is 0 Å². The van der Waals surface area contributed by atoms with E-state index in [1.807, 2.05) is 24.3 Å². The number of anilines is 2. The Hall–Kier alpha value is -4.62. The Labute approximate surface area is 372 Å². The number of hydrogen-bond acceptors (Lipinski definition) is 2. The first-order chi connectivity index (χ1) is 29.1. The largest absolute Gasteiger partial charge is 0.0622 e. The topological polar surface area (TPSA) is 6.48 Å². The van der Waals surface area contributed by atoms with Gasteiger partial charge in [0.25, 0.3) is 0 Å². The zero-order valence-electron chi connectivity index (χ0n) is 35.2. The summed E-state index contributed by atoms with van der Waals surface area (Å²) in [7, 11) is 11.9. The van der Waals surface area contributed by atoms with Crippen LogP contribution in [0, 0.1) is 48.2 Å². The molecular weight excluding hydrogens is 880 g/mol. The maximum atomic E-state index is 6.19. The minimum absolute atomic E-state index is 0.446. The fourth-order valence-corrected chi connectivity index (χ4v) is 13.2. The molecule has 0 saturated carbocycles. The van der Waals surface area contributed by atoms with Gasteiger partial charge >= 0.3 is 120 Å². The van der Waals surface area contributed by atoms with Crippen molar-refractivity contribution in [2.24, 2.45) is 0 Å². The second kappa shape index (κ2) is 20.3. The molecule has 1 saturated heterocycles. The molecule has 0 unspecified atom stereocenters. The first kappa shape index (κ1) is 43.5. The zero-order chi connectivity index (χ0) is 42.2. The van der Waals surface area contributed by atoms with E-state index in [0.717, 1.165) is 17.2 Å². The quantitative estimate of drug-likeness (QED) is 0.0931. The second-order valence-corrected chi connectivity index (χ2v) is 23.4. The summed E-state index contributed by atoms with van der Waals surface area (Å²) in [5, 5.41) is 4.19. The zero-order valence-corrected chi connectivity index (χ0v) is 39.3. The van der Waals surface area contributed by atoms with E-state index in [4.69, 9.17) is 19.4 Å². The van der Waals surface area contributed by atoms with Gasteiger partial charge in [-0.1, -0.05) is 126 Å². The summed E-state index contributed by atoms with van der Waals surface area (Å²) in [4.78, 5) is 4.81. The van der Waals surface area contributed by atoms with Crippen molar-refractivity contribution in [2.45, 2.75) is 41.5 Å². The summed E-state index contributed by atoms with van der Waals surface area (Å²) in [6.07, 6.45) is 2.15. The number of allylic oxidation sites excluding steroid dienone is 1. The molecule has 0 spiro atoms. The smallest absolute Gasteiger partial charge is 0.0134 e. The molecule has 1 fully saturated rings. The first-order valence-corrected chi connectivity index (χ1v) is 27.0. The number of halogens is 2. The number of hydrogen-bond donors (Lipinski definition) is 0. The molecule has 9 rings (SSSR count). The summed E-state index contributed by atoms with van der Waals surface area (Å²) >= 11 is -1.88. The molecule has 0 aromatic heterocycles. The summed E-state index contributed by atoms with van der Waals surface area (Å²) in [6, 6.07) is 60.1. The van der Waals surface area contributed by atoms with E-state index in [1.165, 1.54) is 82.9 Å². The van der Waals surface area contributed by atoms with Crippen LogP contribution in [0.3, 0.4) is 0 Å². The van der Waals surface area contributed by atoms with Gasteiger partial charge in [0.15, 0.2) is 0 Å². The molecule has 1 aliphatic heterocycles. The first-order valence-electron chi connectivity index (χ1n) is 20.3. The summed E-state index contributed by atoms with van der Waals surface area (Å²) < 4.78 is 1.12. The van der Waals surface area contributed by atoms with Gasteiger partial charge in [-0.15, -0.1) is 0 Å². The summed E-state index contributed by atoms with van der Waals surface area (Å²) in [6.45, 7) is 17.6. The second-order valence-electron chi connectivity index (χ2n) is 15.3. The van der Waals surface area contributed by atoms with E-state index in [-0.39, 0.29) is 0 Å². The van der Waals surface area contributed by atoms with Crippen molar-refractivity contribution in [3.8, 4) is 0 Å². The molecule has 7 aromatic rings. The molecule has 60 heavy (non-hydrogen) atoms. The molecular formula is C54H52Cl2N2PRu-. The van der Waals surface area contributed by atoms with E-state index >= 15 is 0 Å². The molecule has 0 radical (unpaired) electrons. The van der Waals surface area contributed by atoms with Gasteiger partial charge in [-0.3, -0.25) is 0 Å². The Balaban J connectivity index is 0.000000137. The molecule has 0 amide bonds. The predicted octanol–water partition coefficient (Wildman–Crippen LogP) is 13.0. The van der Waals surface area contributed by atoms with Crippen LogP contribution >= 0.6 is 27.3 Å². The van der Waals surface area contributed by atoms with E-state index in [2.05, 4.69) is 210 Å². The van der Waals surface area contributed by atoms with Crippen molar-refractivity contribution in [2.75, 3.05) is 22.9 Å². The van der Waals surface area contributed by atoms with Gasteiger partial charge < -0.3 is 9.80 Å². The number of fused-ring (bicyclic) bond motifs is 1. The van der Waals surface area contributed by atoms with Crippen LogP contribution < -0.4 is 25.7 Å². The van der Waals surface area contributed by atoms with Gasteiger partial charge in [-0.05, 0) is 87.6 Å². The molecule has 7 aromatic carbocycles. The van der Waals surface area contributed by atoms with Crippen molar-refractivity contribution >= 4 is 64.3 Å². The number of rotatable bonds is 6. The summed E-state index contributed by atoms with van der Waals surface area (Å²) in [5.41, 5.74) is 15.7. The van der Waals surface area contributed by atoms with Crippen LogP contribution in [0.1, 0.15) is 50.1 Å². The van der Waals surface area contributed by atoms with Crippen LogP contribution in [-0.2, 0) is 13.5 Å². The van der Waals surface area contributed by atoms with Gasteiger partial charge in [-0.25, -0.2) is 0 Å². The third-order valence-electron chi connectivity index (χ3n) is 10.7. The third-order valence-corrected chi connectivity index (χ3v) is 16.3. The minimum atomic E-state index is -1.88. The van der Waals surface area contributed by atoms with Crippen molar-refractivity contribution in [3.63, 3.8) is 0 Å². The summed E-state index contributed by atoms with van der Waals surface area (Å²) in [5.74, 6) is 0. The van der Waals surface area contributed by atoms with Crippen LogP contribution in [0.15, 0.2) is 176 Å². The Morgan fingerprint density at radius 3 is 1.20 bits per heavy atom. The van der Waals surface area contributed by atoms with Crippen molar-refractivity contribution < 1.29 is 13.5 Å². The van der Waals surface area contributed by atoms with Gasteiger partial charge in [0.2, 0.25) is 0 Å². The molecule has 0 atom stereocenters. The Bertz CT molecular complexity index is 2400. The monoisotopic (exact) mass is 931 g/mol. The van der Waals surface area contributed by atoms with Crippen LogP contribution in [0.4, 0.5) is 11.4 Å². The molecule has 0 bridgehead atoms. The van der Waals surface area contributed by atoms with Gasteiger partial charge in [0.1, 0.15) is 0 Å². The van der Waals surface area contributed by atoms with Crippen LogP contribution in [0.25, 0.3) is 5.57 Å². The normalized spacial score (nSPS) is 13.2. The fraction of sp³-hybridized carbons (Fsp3) is 0.148. The average molecular weight is 932 g/mol. The van der Waals surface area contributed by atoms with Crippen molar-refractivity contribution in [1.82, 2.24) is 0 Å². The molecule has 2 aliphatic rings. The van der Waals surface area contributed by atoms with Crippen LogP contribution in [-0.4, -0.2) is 17.2 Å². The maximum absolute atomic E-state index is 6.19. The molecule has 6 heteroatoms. The average Bonchev–Trinajstić information content (AvgIpc) is 3.88. The van der Waals surface area contributed by atoms with Crippen molar-refractivity contribution in [3.05, 3.63) is 233 Å². The van der Waals surface area contributed by atoms with Gasteiger partial charge in [0.05, 0.1) is 0 Å². The Morgan fingerprint density at radius 1 is 0.467 bits per heavy atom. The number of nitrogens with zero attached hydrogens (tertiary/aromatic N) is 2. The van der Waals surface area contributed by atoms with Crippen molar-refractivity contribution in [1.29, 1.82) is 0 Å². The van der Waals surface area contributed by atoms with Gasteiger partial charge in [-0.2, -0.15) is 6.67 Å². The van der Waals surface area contributed by atoms with E-state index < -0.39 is 21.4 Å². The van der Waals surface area contributed by atoms with Gasteiger partial charge in [0, 0.05) is 24.5 Å². The molecule has 0 N–H and O–H groups in total. The standard InChI is InChI=1S/C21H27N2.C18H15P.C15H10.2ClH.Ru/c1-14-9-16(3)20(17(4)10-14)22-7-8-23(13-22)21-18(5)11-15(2)12-19(21)6;1-4-10-16(11-5-1)19(17-12-6-2-7-13-17)18-14-8-3-9-15-18;1-2-6-12(7-3-1)15-11-10-13-8-4-5-9-14(13)15;;;/h9-13H,7-8H2,1-6H3;1-15H;1-9,11H;2*1H;/q-1;;;;;+2/p-2. The van der Waals surface area contributed by atoms with E-state index in [9.17, 15) is 0 Å². The predicted molar refractivity (Wildman–Crippen MR) is 261 cm³/mol. The fourth-order valence-electron chi connectivity index (χ4n) is 8.43. The Kier molecular flexibility index (Phi) is 14.7. The molecule has 1 heterocycles. The Morgan fingerprint density at radius 2 is 0.817 bits per heavy atom. The van der Waals surface area contributed by atoms with Crippen LogP contribution in [0.2, 0.25) is 0 Å².